The molecule has 0 saturated carbocycles. The number of nitrogens with zero attached hydrogens (tertiary/aromatic N) is 5. The second-order valence-electron chi connectivity index (χ2n) is 10.4. The molecule has 0 amide bonds. The Kier molecular flexibility index (Phi) is 9.91. The Morgan fingerprint density at radius 3 is 2.78 bits per heavy atom. The Morgan fingerprint density at radius 1 is 1.29 bits per heavy atom. The fraction of sp³-hybridized carbons (Fsp3) is 0.429. The second-order valence-corrected chi connectivity index (χ2v) is 12.3. The second kappa shape index (κ2) is 13.5. The number of carbonyl (C=O) groups excluding carboxylic acids is 1. The molecule has 17 heteroatoms. The number of nitrogens with two attached hydrogens (primary N) is 1. The fourth-order valence-electron chi connectivity index (χ4n) is 4.86. The summed E-state index contributed by atoms with van der Waals surface area (Å²) in [4.78, 5) is 37.9. The van der Waals surface area contributed by atoms with E-state index < -0.39 is 44.2 Å². The Bertz CT molecular complexity index is 1750. The van der Waals surface area contributed by atoms with Crippen LogP contribution in [0.4, 0.5) is 5.95 Å². The summed E-state index contributed by atoms with van der Waals surface area (Å²) in [6.45, 7) is 4.75. The van der Waals surface area contributed by atoms with Crippen LogP contribution in [0.2, 0.25) is 0 Å². The molecule has 4 aromatic rings. The molecule has 1 fully saturated rings. The Labute approximate surface area is 272 Å². The van der Waals surface area contributed by atoms with Gasteiger partial charge in [-0.05, 0) is 31.7 Å². The third-order valence-electron chi connectivity index (χ3n) is 7.14. The van der Waals surface area contributed by atoms with Crippen molar-refractivity contribution in [3.8, 4) is 17.4 Å². The van der Waals surface area contributed by atoms with Crippen molar-refractivity contribution in [2.24, 2.45) is 4.74 Å². The molecule has 4 N–H and O–H groups in total. The number of carbonyl (C=O) groups is 1. The molecular formula is C28H32IN6O9P. The first-order valence-corrected chi connectivity index (χ1v) is 16.1. The van der Waals surface area contributed by atoms with Crippen molar-refractivity contribution in [2.45, 2.75) is 57.3 Å². The molecule has 2 aromatic heterocycles. The standard InChI is InChI=1S/C28H32IN6O9P/c1-5-12-41-24(37)14(2)34-45(39)44-20-16-9-7-6-8-15(16)10-11-17(20)42-13-18-21(36)28(3,38)25(43-18)35-22-19(31-26(35)29)23(40-4)33-27(30)32-22/h6-11,14,18,21,25,36,38H,5,12-13H2,1-4H3,(H2,30,32,33)/t14-,18+,21+,25+,28+/m0/s1. The molecule has 0 aliphatic carbocycles. The molecule has 0 spiro atoms. The van der Waals surface area contributed by atoms with Crippen LogP contribution >= 0.6 is 30.8 Å². The van der Waals surface area contributed by atoms with Gasteiger partial charge in [0.25, 0.3) is 0 Å². The molecule has 1 unspecified atom stereocenters. The molecule has 0 radical (unpaired) electrons. The molecule has 6 atom stereocenters. The number of esters is 1. The molecule has 0 bridgehead atoms. The van der Waals surface area contributed by atoms with E-state index in [1.54, 1.807) is 24.3 Å². The van der Waals surface area contributed by atoms with Gasteiger partial charge in [-0.25, -0.2) is 9.78 Å². The lowest BCUT2D eigenvalue weighted by Crippen LogP contribution is -2.45. The number of nitrogen functional groups attached to an aromatic ring is 1. The summed E-state index contributed by atoms with van der Waals surface area (Å²) >= 11 is 1.95. The van der Waals surface area contributed by atoms with Crippen LogP contribution in [0.1, 0.15) is 33.4 Å². The van der Waals surface area contributed by atoms with Crippen LogP contribution in [0.25, 0.3) is 21.9 Å². The van der Waals surface area contributed by atoms with E-state index >= 15 is 0 Å². The predicted octanol–water partition coefficient (Wildman–Crippen LogP) is 2.84. The average molecular weight is 754 g/mol. The Morgan fingerprint density at radius 2 is 2.04 bits per heavy atom. The third-order valence-corrected chi connectivity index (χ3v) is 8.77. The highest BCUT2D eigenvalue weighted by Gasteiger charge is 2.54. The van der Waals surface area contributed by atoms with E-state index in [0.717, 1.165) is 5.39 Å². The quantitative estimate of drug-likeness (QED) is 0.0873. The fourth-order valence-corrected chi connectivity index (χ4v) is 6.35. The van der Waals surface area contributed by atoms with E-state index in [9.17, 15) is 19.9 Å². The zero-order valence-electron chi connectivity index (χ0n) is 24.8. The van der Waals surface area contributed by atoms with Crippen LogP contribution in [0, 0.1) is 3.83 Å². The van der Waals surface area contributed by atoms with E-state index in [0.29, 0.717) is 21.2 Å². The molecule has 1 saturated heterocycles. The summed E-state index contributed by atoms with van der Waals surface area (Å²) in [5.74, 6) is -0.234. The normalized spacial score (nSPS) is 22.5. The number of rotatable bonds is 11. The number of aliphatic hydroxyl groups excluding tert-OH is 1. The minimum absolute atomic E-state index is 0.0730. The van der Waals surface area contributed by atoms with Crippen LogP contribution in [0.3, 0.4) is 0 Å². The largest absolute Gasteiger partial charge is 0.575 e. The van der Waals surface area contributed by atoms with Crippen molar-refractivity contribution in [3.05, 3.63) is 40.2 Å². The van der Waals surface area contributed by atoms with Gasteiger partial charge in [0, 0.05) is 28.0 Å². The first-order valence-electron chi connectivity index (χ1n) is 13.9. The SMILES string of the molecule is CCCOC(=O)[C@H](C)N=[P+]([O-])Oc1c(OC[C@H]2O[C@@H](n3c(I)nc4c(OC)nc(N)nc43)[C@](C)(O)[C@@H]2O)ccc2ccccc12. The number of hydrogen-bond acceptors (Lipinski definition) is 14. The number of anilines is 1. The number of fused-ring (bicyclic) bond motifs is 2. The molecule has 240 valence electrons. The minimum Gasteiger partial charge on any atom is -0.575 e. The van der Waals surface area contributed by atoms with Gasteiger partial charge in [-0.1, -0.05) is 42.0 Å². The monoisotopic (exact) mass is 754 g/mol. The lowest BCUT2D eigenvalue weighted by molar-refractivity contribution is -0.169. The molecule has 5 rings (SSSR count). The first kappa shape index (κ1) is 33.0. The summed E-state index contributed by atoms with van der Waals surface area (Å²) in [6, 6.07) is 9.61. The number of halogens is 1. The van der Waals surface area contributed by atoms with Gasteiger partial charge in [0.1, 0.15) is 24.4 Å². The third kappa shape index (κ3) is 6.62. The number of benzene rings is 2. The van der Waals surface area contributed by atoms with E-state index in [4.69, 9.17) is 29.2 Å². The van der Waals surface area contributed by atoms with Gasteiger partial charge >= 0.3 is 14.1 Å². The number of hydrogen-bond donors (Lipinski definition) is 3. The van der Waals surface area contributed by atoms with E-state index in [1.165, 1.54) is 25.5 Å². The van der Waals surface area contributed by atoms with Crippen molar-refractivity contribution in [2.75, 3.05) is 26.1 Å². The molecule has 45 heavy (non-hydrogen) atoms. The molecular weight excluding hydrogens is 722 g/mol. The van der Waals surface area contributed by atoms with Crippen LogP contribution in [-0.4, -0.2) is 79.9 Å². The summed E-state index contributed by atoms with van der Waals surface area (Å²) in [7, 11) is -1.29. The van der Waals surface area contributed by atoms with Crippen LogP contribution in [0.5, 0.6) is 17.4 Å². The predicted molar refractivity (Wildman–Crippen MR) is 170 cm³/mol. The maximum atomic E-state index is 12.9. The van der Waals surface area contributed by atoms with Gasteiger partial charge in [0.15, 0.2) is 33.0 Å². The number of methoxy groups -OCH3 is 1. The summed E-state index contributed by atoms with van der Waals surface area (Å²) in [6.07, 6.45) is -2.95. The van der Waals surface area contributed by atoms with Crippen molar-refractivity contribution < 1.29 is 43.4 Å². The molecule has 2 aromatic carbocycles. The Balaban J connectivity index is 1.41. The number of aromatic nitrogens is 4. The molecule has 15 nitrogen and oxygen atoms in total. The smallest absolute Gasteiger partial charge is 0.395 e. The molecule has 1 aliphatic rings. The number of imidazole rings is 1. The summed E-state index contributed by atoms with van der Waals surface area (Å²) in [5, 5.41) is 24.0. The average Bonchev–Trinajstić information content (AvgIpc) is 3.45. The van der Waals surface area contributed by atoms with Crippen LogP contribution < -0.4 is 24.6 Å². The molecule has 1 aliphatic heterocycles. The minimum atomic E-state index is -2.71. The number of ether oxygens (including phenoxy) is 4. The highest BCUT2D eigenvalue weighted by atomic mass is 127. The topological polar surface area (TPSA) is 209 Å². The lowest BCUT2D eigenvalue weighted by atomic mass is 9.96. The Hall–Kier alpha value is -3.41. The first-order chi connectivity index (χ1) is 21.5. The maximum Gasteiger partial charge on any atom is 0.395 e. The van der Waals surface area contributed by atoms with Gasteiger partial charge in [-0.2, -0.15) is 9.97 Å². The van der Waals surface area contributed by atoms with Crippen LogP contribution in [-0.2, 0) is 14.3 Å². The summed E-state index contributed by atoms with van der Waals surface area (Å²) < 4.78 is 34.2. The maximum absolute atomic E-state index is 12.9. The van der Waals surface area contributed by atoms with Gasteiger partial charge in [-0.15, -0.1) is 0 Å². The van der Waals surface area contributed by atoms with Crippen molar-refractivity contribution in [1.29, 1.82) is 0 Å². The zero-order chi connectivity index (χ0) is 32.5. The highest BCUT2D eigenvalue weighted by molar-refractivity contribution is 14.1. The van der Waals surface area contributed by atoms with E-state index in [-0.39, 0.29) is 42.2 Å². The van der Waals surface area contributed by atoms with Crippen LogP contribution in [0.15, 0.2) is 41.1 Å². The van der Waals surface area contributed by atoms with E-state index in [2.05, 4.69) is 19.7 Å². The van der Waals surface area contributed by atoms with Crippen molar-refractivity contribution in [3.63, 3.8) is 0 Å². The zero-order valence-corrected chi connectivity index (χ0v) is 27.8. The van der Waals surface area contributed by atoms with Gasteiger partial charge in [-0.3, -0.25) is 9.09 Å². The van der Waals surface area contributed by atoms with Gasteiger partial charge < -0.3 is 39.8 Å². The lowest BCUT2D eigenvalue weighted by Gasteiger charge is -2.27. The van der Waals surface area contributed by atoms with Gasteiger partial charge in [0.2, 0.25) is 17.6 Å². The highest BCUT2D eigenvalue weighted by Crippen LogP contribution is 2.43. The van der Waals surface area contributed by atoms with Crippen molar-refractivity contribution >= 4 is 64.6 Å². The molecule has 3 heterocycles. The summed E-state index contributed by atoms with van der Waals surface area (Å²) in [5.41, 5.74) is 4.61. The van der Waals surface area contributed by atoms with E-state index in [1.807, 2.05) is 41.6 Å². The van der Waals surface area contributed by atoms with Crippen molar-refractivity contribution in [1.82, 2.24) is 19.5 Å². The van der Waals surface area contributed by atoms with Gasteiger partial charge in [0.05, 0.1) is 13.7 Å². The number of aliphatic hydroxyl groups is 2.